The summed E-state index contributed by atoms with van der Waals surface area (Å²) in [5, 5.41) is 2.80. The van der Waals surface area contributed by atoms with E-state index in [1.807, 2.05) is 55.5 Å². The lowest BCUT2D eigenvalue weighted by atomic mass is 10.2. The van der Waals surface area contributed by atoms with Crippen molar-refractivity contribution >= 4 is 5.91 Å². The second kappa shape index (κ2) is 7.05. The molecule has 5 nitrogen and oxygen atoms in total. The smallest absolute Gasteiger partial charge is 0.258 e. The van der Waals surface area contributed by atoms with E-state index < -0.39 is 0 Å². The Labute approximate surface area is 135 Å². The van der Waals surface area contributed by atoms with Crippen LogP contribution in [0.2, 0.25) is 0 Å². The van der Waals surface area contributed by atoms with Gasteiger partial charge in [-0.1, -0.05) is 24.3 Å². The van der Waals surface area contributed by atoms with Gasteiger partial charge in [0.2, 0.25) is 0 Å². The molecule has 2 aromatic carbocycles. The van der Waals surface area contributed by atoms with Crippen LogP contribution < -0.4 is 19.5 Å². The minimum Gasteiger partial charge on any atom is -0.486 e. The lowest BCUT2D eigenvalue weighted by molar-refractivity contribution is -0.123. The molecule has 0 bridgehead atoms. The van der Waals surface area contributed by atoms with Gasteiger partial charge in [-0.3, -0.25) is 4.79 Å². The molecule has 3 rings (SSSR count). The van der Waals surface area contributed by atoms with Gasteiger partial charge in [0.15, 0.2) is 18.1 Å². The number of hydrogen-bond donors (Lipinski definition) is 1. The normalized spacial score (nSPS) is 15.8. The van der Waals surface area contributed by atoms with Gasteiger partial charge in [-0.15, -0.1) is 0 Å². The molecule has 23 heavy (non-hydrogen) atoms. The summed E-state index contributed by atoms with van der Waals surface area (Å²) in [5.74, 6) is 1.94. The monoisotopic (exact) mass is 313 g/mol. The van der Waals surface area contributed by atoms with E-state index in [0.717, 1.165) is 11.3 Å². The molecule has 120 valence electrons. The fourth-order valence-corrected chi connectivity index (χ4v) is 2.30. The second-order valence-electron chi connectivity index (χ2n) is 5.41. The number of aryl methyl sites for hydroxylation is 1. The molecule has 5 heteroatoms. The quantitative estimate of drug-likeness (QED) is 0.920. The van der Waals surface area contributed by atoms with Crippen LogP contribution in [0.25, 0.3) is 0 Å². The Bertz CT molecular complexity index is 686. The van der Waals surface area contributed by atoms with Gasteiger partial charge in [0.05, 0.1) is 6.54 Å². The van der Waals surface area contributed by atoms with Crippen LogP contribution in [-0.4, -0.2) is 31.8 Å². The molecule has 2 aromatic rings. The standard InChI is InChI=1S/C18H19NO4/c1-13-5-4-6-14(9-13)21-12-18(20)19-10-15-11-22-16-7-2-3-8-17(16)23-15/h2-9,15H,10-12H2,1H3,(H,19,20)/t15-/m0/s1. The summed E-state index contributed by atoms with van der Waals surface area (Å²) < 4.78 is 16.8. The van der Waals surface area contributed by atoms with Gasteiger partial charge in [-0.05, 0) is 36.8 Å². The minimum absolute atomic E-state index is 0.0202. The molecule has 1 N–H and O–H groups in total. The molecule has 0 saturated heterocycles. The third-order valence-electron chi connectivity index (χ3n) is 3.45. The first kappa shape index (κ1) is 15.2. The van der Waals surface area contributed by atoms with Crippen LogP contribution in [-0.2, 0) is 4.79 Å². The second-order valence-corrected chi connectivity index (χ2v) is 5.41. The molecule has 1 atom stereocenters. The van der Waals surface area contributed by atoms with Crippen molar-refractivity contribution in [1.82, 2.24) is 5.32 Å². The highest BCUT2D eigenvalue weighted by molar-refractivity contribution is 5.77. The molecule has 0 spiro atoms. The topological polar surface area (TPSA) is 56.8 Å². The molecule has 1 amide bonds. The third kappa shape index (κ3) is 4.16. The molecular weight excluding hydrogens is 294 g/mol. The van der Waals surface area contributed by atoms with Gasteiger partial charge in [0.1, 0.15) is 18.5 Å². The molecule has 0 fully saturated rings. The van der Waals surface area contributed by atoms with Gasteiger partial charge in [0.25, 0.3) is 5.91 Å². The number of fused-ring (bicyclic) bond motifs is 1. The lowest BCUT2D eigenvalue weighted by Gasteiger charge is -2.26. The summed E-state index contributed by atoms with van der Waals surface area (Å²) in [6, 6.07) is 15.1. The molecule has 0 unspecified atom stereocenters. The summed E-state index contributed by atoms with van der Waals surface area (Å²) in [6.07, 6.45) is -0.201. The predicted molar refractivity (Wildman–Crippen MR) is 86.0 cm³/mol. The fraction of sp³-hybridized carbons (Fsp3) is 0.278. The molecule has 1 heterocycles. The van der Waals surface area contributed by atoms with Crippen molar-refractivity contribution in [2.75, 3.05) is 19.8 Å². The van der Waals surface area contributed by atoms with E-state index in [1.165, 1.54) is 0 Å². The highest BCUT2D eigenvalue weighted by atomic mass is 16.6. The Morgan fingerprint density at radius 1 is 1.22 bits per heavy atom. The number of hydrogen-bond acceptors (Lipinski definition) is 4. The Morgan fingerprint density at radius 3 is 2.87 bits per heavy atom. The number of amides is 1. The van der Waals surface area contributed by atoms with Crippen LogP contribution >= 0.6 is 0 Å². The lowest BCUT2D eigenvalue weighted by Crippen LogP contribution is -2.42. The molecule has 1 aliphatic rings. The first-order chi connectivity index (χ1) is 11.2. The first-order valence-corrected chi connectivity index (χ1v) is 7.55. The van der Waals surface area contributed by atoms with Crippen molar-refractivity contribution in [2.45, 2.75) is 13.0 Å². The van der Waals surface area contributed by atoms with Gasteiger partial charge >= 0.3 is 0 Å². The van der Waals surface area contributed by atoms with Crippen molar-refractivity contribution in [2.24, 2.45) is 0 Å². The van der Waals surface area contributed by atoms with Crippen molar-refractivity contribution in [1.29, 1.82) is 0 Å². The number of para-hydroxylation sites is 2. The Morgan fingerprint density at radius 2 is 2.04 bits per heavy atom. The van der Waals surface area contributed by atoms with Crippen molar-refractivity contribution in [3.8, 4) is 17.2 Å². The zero-order chi connectivity index (χ0) is 16.1. The van der Waals surface area contributed by atoms with Crippen LogP contribution in [0.3, 0.4) is 0 Å². The maximum absolute atomic E-state index is 11.9. The van der Waals surface area contributed by atoms with Crippen molar-refractivity contribution < 1.29 is 19.0 Å². The van der Waals surface area contributed by atoms with Gasteiger partial charge in [-0.2, -0.15) is 0 Å². The highest BCUT2D eigenvalue weighted by Gasteiger charge is 2.20. The summed E-state index contributed by atoms with van der Waals surface area (Å²) in [6.45, 7) is 2.75. The summed E-state index contributed by atoms with van der Waals surface area (Å²) in [5.41, 5.74) is 1.09. The minimum atomic E-state index is -0.201. The van der Waals surface area contributed by atoms with Gasteiger partial charge in [-0.25, -0.2) is 0 Å². The number of carbonyl (C=O) groups excluding carboxylic acids is 1. The van der Waals surface area contributed by atoms with E-state index in [9.17, 15) is 4.79 Å². The van der Waals surface area contributed by atoms with E-state index in [-0.39, 0.29) is 18.6 Å². The molecule has 1 aliphatic heterocycles. The van der Waals surface area contributed by atoms with Crippen LogP contribution in [0.5, 0.6) is 17.2 Å². The molecule has 0 aromatic heterocycles. The Hall–Kier alpha value is -2.69. The van der Waals surface area contributed by atoms with Crippen LogP contribution in [0.1, 0.15) is 5.56 Å². The molecule has 0 aliphatic carbocycles. The van der Waals surface area contributed by atoms with Crippen LogP contribution in [0.15, 0.2) is 48.5 Å². The number of nitrogens with one attached hydrogen (secondary N) is 1. The maximum atomic E-state index is 11.9. The van der Waals surface area contributed by atoms with Crippen molar-refractivity contribution in [3.05, 3.63) is 54.1 Å². The zero-order valence-electron chi connectivity index (χ0n) is 13.0. The van der Waals surface area contributed by atoms with Crippen LogP contribution in [0, 0.1) is 6.92 Å². The fourth-order valence-electron chi connectivity index (χ4n) is 2.30. The zero-order valence-corrected chi connectivity index (χ0v) is 13.0. The number of carbonyl (C=O) groups is 1. The molecule has 0 radical (unpaired) electrons. The van der Waals surface area contributed by atoms with E-state index in [0.29, 0.717) is 24.7 Å². The molecular formula is C18H19NO4. The Kier molecular flexibility index (Phi) is 4.66. The van der Waals surface area contributed by atoms with Gasteiger partial charge < -0.3 is 19.5 Å². The summed E-state index contributed by atoms with van der Waals surface area (Å²) in [4.78, 5) is 11.9. The summed E-state index contributed by atoms with van der Waals surface area (Å²) in [7, 11) is 0. The van der Waals surface area contributed by atoms with Gasteiger partial charge in [0, 0.05) is 0 Å². The average Bonchev–Trinajstić information content (AvgIpc) is 2.58. The molecule has 0 saturated carbocycles. The highest BCUT2D eigenvalue weighted by Crippen LogP contribution is 2.30. The van der Waals surface area contributed by atoms with E-state index >= 15 is 0 Å². The Balaban J connectivity index is 1.43. The van der Waals surface area contributed by atoms with Crippen LogP contribution in [0.4, 0.5) is 0 Å². The van der Waals surface area contributed by atoms with E-state index in [1.54, 1.807) is 0 Å². The SMILES string of the molecule is Cc1cccc(OCC(=O)NC[C@H]2COc3ccccc3O2)c1. The average molecular weight is 313 g/mol. The van der Waals surface area contributed by atoms with E-state index in [2.05, 4.69) is 5.32 Å². The third-order valence-corrected chi connectivity index (χ3v) is 3.45. The van der Waals surface area contributed by atoms with E-state index in [4.69, 9.17) is 14.2 Å². The number of rotatable bonds is 5. The predicted octanol–water partition coefficient (Wildman–Crippen LogP) is 2.33. The largest absolute Gasteiger partial charge is 0.486 e. The summed E-state index contributed by atoms with van der Waals surface area (Å²) >= 11 is 0. The van der Waals surface area contributed by atoms with Crippen molar-refractivity contribution in [3.63, 3.8) is 0 Å². The number of ether oxygens (including phenoxy) is 3. The maximum Gasteiger partial charge on any atom is 0.258 e. The first-order valence-electron chi connectivity index (χ1n) is 7.55. The number of benzene rings is 2.